The van der Waals surface area contributed by atoms with Gasteiger partial charge in [-0.15, -0.1) is 0 Å². The Morgan fingerprint density at radius 3 is 1.95 bits per heavy atom. The zero-order chi connectivity index (χ0) is 14.0. The first-order valence-electron chi connectivity index (χ1n) is 7.61. The van der Waals surface area contributed by atoms with Crippen molar-refractivity contribution in [1.29, 1.82) is 0 Å². The minimum absolute atomic E-state index is 0.196. The number of fused-ring (bicyclic) bond motifs is 2. The lowest BCUT2D eigenvalue weighted by Gasteiger charge is -2.20. The van der Waals surface area contributed by atoms with Gasteiger partial charge in [0.25, 0.3) is 0 Å². The molecule has 2 aromatic carbocycles. The molecule has 0 aliphatic heterocycles. The first-order valence-corrected chi connectivity index (χ1v) is 7.61. The van der Waals surface area contributed by atoms with Gasteiger partial charge in [0.2, 0.25) is 0 Å². The maximum absolute atomic E-state index is 2.37. The molecule has 0 nitrogen and oxygen atoms in total. The predicted octanol–water partition coefficient (Wildman–Crippen LogP) is 6.08. The SMILES string of the molecule is CCCCC1(C)C=Cc2cc3ccccc3cc2C=C1. The van der Waals surface area contributed by atoms with Gasteiger partial charge in [-0.1, -0.05) is 75.3 Å². The lowest BCUT2D eigenvalue weighted by atomic mass is 9.84. The first-order chi connectivity index (χ1) is 9.70. The Balaban J connectivity index is 2.03. The van der Waals surface area contributed by atoms with E-state index in [0.717, 1.165) is 0 Å². The van der Waals surface area contributed by atoms with E-state index in [1.165, 1.54) is 41.2 Å². The summed E-state index contributed by atoms with van der Waals surface area (Å²) in [7, 11) is 0. The van der Waals surface area contributed by atoms with Gasteiger partial charge in [0.15, 0.2) is 0 Å². The minimum atomic E-state index is 0.196. The van der Waals surface area contributed by atoms with E-state index >= 15 is 0 Å². The quantitative estimate of drug-likeness (QED) is 0.629. The van der Waals surface area contributed by atoms with Crippen LogP contribution in [-0.4, -0.2) is 0 Å². The summed E-state index contributed by atoms with van der Waals surface area (Å²) in [4.78, 5) is 0. The molecular formula is C20H22. The van der Waals surface area contributed by atoms with Crippen molar-refractivity contribution in [2.24, 2.45) is 5.41 Å². The van der Waals surface area contributed by atoms with Crippen LogP contribution in [0.1, 0.15) is 44.2 Å². The van der Waals surface area contributed by atoms with Crippen molar-refractivity contribution in [1.82, 2.24) is 0 Å². The fraction of sp³-hybridized carbons (Fsp3) is 0.300. The van der Waals surface area contributed by atoms with Crippen molar-refractivity contribution in [3.63, 3.8) is 0 Å². The number of benzene rings is 2. The van der Waals surface area contributed by atoms with Crippen LogP contribution in [0.3, 0.4) is 0 Å². The molecule has 20 heavy (non-hydrogen) atoms. The molecule has 0 radical (unpaired) electrons. The second-order valence-electron chi connectivity index (χ2n) is 6.10. The molecule has 102 valence electrons. The van der Waals surface area contributed by atoms with Crippen LogP contribution >= 0.6 is 0 Å². The zero-order valence-corrected chi connectivity index (χ0v) is 12.4. The maximum atomic E-state index is 2.37. The summed E-state index contributed by atoms with van der Waals surface area (Å²) in [6.45, 7) is 4.59. The Bertz CT molecular complexity index is 621. The molecule has 1 aliphatic carbocycles. The average molecular weight is 262 g/mol. The Morgan fingerprint density at radius 1 is 0.900 bits per heavy atom. The van der Waals surface area contributed by atoms with Gasteiger partial charge in [0.05, 0.1) is 0 Å². The van der Waals surface area contributed by atoms with E-state index in [1.807, 2.05) is 0 Å². The molecule has 0 heteroatoms. The van der Waals surface area contributed by atoms with E-state index in [-0.39, 0.29) is 5.41 Å². The number of hydrogen-bond acceptors (Lipinski definition) is 0. The summed E-state index contributed by atoms with van der Waals surface area (Å²) in [6.07, 6.45) is 13.1. The van der Waals surface area contributed by atoms with Crippen LogP contribution in [0.15, 0.2) is 48.6 Å². The second-order valence-corrected chi connectivity index (χ2v) is 6.10. The lowest BCUT2D eigenvalue weighted by molar-refractivity contribution is 0.479. The van der Waals surface area contributed by atoms with Gasteiger partial charge in [0, 0.05) is 5.41 Å². The number of allylic oxidation sites excluding steroid dienone is 2. The average Bonchev–Trinajstić information content (AvgIpc) is 2.63. The van der Waals surface area contributed by atoms with Gasteiger partial charge >= 0.3 is 0 Å². The predicted molar refractivity (Wildman–Crippen MR) is 89.6 cm³/mol. The van der Waals surface area contributed by atoms with Crippen LogP contribution in [0, 0.1) is 5.41 Å². The third kappa shape index (κ3) is 2.56. The van der Waals surface area contributed by atoms with Crippen molar-refractivity contribution in [3.8, 4) is 0 Å². The molecule has 0 N–H and O–H groups in total. The van der Waals surface area contributed by atoms with E-state index in [9.17, 15) is 0 Å². The second kappa shape index (κ2) is 5.28. The summed E-state index contributed by atoms with van der Waals surface area (Å²) in [5.41, 5.74) is 2.86. The summed E-state index contributed by atoms with van der Waals surface area (Å²) in [6, 6.07) is 13.2. The topological polar surface area (TPSA) is 0 Å². The highest BCUT2D eigenvalue weighted by Gasteiger charge is 2.18. The fourth-order valence-electron chi connectivity index (χ4n) is 2.90. The Morgan fingerprint density at radius 2 is 1.45 bits per heavy atom. The van der Waals surface area contributed by atoms with Crippen LogP contribution in [0.25, 0.3) is 22.9 Å². The fourth-order valence-corrected chi connectivity index (χ4v) is 2.90. The molecule has 0 saturated carbocycles. The molecule has 0 unspecified atom stereocenters. The smallest absolute Gasteiger partial charge is 0.00393 e. The first kappa shape index (κ1) is 13.2. The highest BCUT2D eigenvalue weighted by atomic mass is 14.2. The Hall–Kier alpha value is -1.82. The molecule has 0 amide bonds. The van der Waals surface area contributed by atoms with E-state index < -0.39 is 0 Å². The highest BCUT2D eigenvalue weighted by Crippen LogP contribution is 2.34. The third-order valence-electron chi connectivity index (χ3n) is 4.31. The van der Waals surface area contributed by atoms with E-state index in [1.54, 1.807) is 0 Å². The van der Waals surface area contributed by atoms with E-state index in [0.29, 0.717) is 0 Å². The number of hydrogen-bond donors (Lipinski definition) is 0. The Kier molecular flexibility index (Phi) is 3.48. The monoisotopic (exact) mass is 262 g/mol. The number of unbranched alkanes of at least 4 members (excludes halogenated alkanes) is 1. The van der Waals surface area contributed by atoms with Crippen LogP contribution in [0.4, 0.5) is 0 Å². The number of rotatable bonds is 3. The molecule has 0 bridgehead atoms. The summed E-state index contributed by atoms with van der Waals surface area (Å²) < 4.78 is 0. The van der Waals surface area contributed by atoms with Gasteiger partial charge < -0.3 is 0 Å². The molecule has 0 aromatic heterocycles. The van der Waals surface area contributed by atoms with Gasteiger partial charge in [-0.05, 0) is 40.5 Å². The highest BCUT2D eigenvalue weighted by molar-refractivity contribution is 5.89. The Labute approximate surface area is 121 Å². The summed E-state index contributed by atoms with van der Waals surface area (Å²) in [5, 5.41) is 2.64. The maximum Gasteiger partial charge on any atom is 0.00393 e. The van der Waals surface area contributed by atoms with Crippen molar-refractivity contribution in [3.05, 3.63) is 59.7 Å². The lowest BCUT2D eigenvalue weighted by Crippen LogP contribution is -2.08. The van der Waals surface area contributed by atoms with Crippen LogP contribution < -0.4 is 0 Å². The third-order valence-corrected chi connectivity index (χ3v) is 4.31. The van der Waals surface area contributed by atoms with Crippen LogP contribution in [-0.2, 0) is 0 Å². The summed E-state index contributed by atoms with van der Waals surface area (Å²) >= 11 is 0. The minimum Gasteiger partial charge on any atom is -0.0742 e. The molecule has 0 heterocycles. The van der Waals surface area contributed by atoms with Crippen LogP contribution in [0.2, 0.25) is 0 Å². The molecule has 2 aromatic rings. The van der Waals surface area contributed by atoms with Gasteiger partial charge in [0.1, 0.15) is 0 Å². The van der Waals surface area contributed by atoms with Gasteiger partial charge in [-0.2, -0.15) is 0 Å². The molecule has 1 aliphatic rings. The normalized spacial score (nSPS) is 16.1. The van der Waals surface area contributed by atoms with Crippen molar-refractivity contribution in [2.75, 3.05) is 0 Å². The van der Waals surface area contributed by atoms with Gasteiger partial charge in [-0.25, -0.2) is 0 Å². The van der Waals surface area contributed by atoms with Crippen molar-refractivity contribution >= 4 is 22.9 Å². The standard InChI is InChI=1S/C20H22/c1-3-4-11-20(2)12-9-18-14-16-7-5-6-8-17(16)15-19(18)10-13-20/h5-10,12-15H,3-4,11H2,1-2H3. The van der Waals surface area contributed by atoms with Crippen LogP contribution in [0.5, 0.6) is 0 Å². The molecule has 3 rings (SSSR count). The summed E-state index contributed by atoms with van der Waals surface area (Å²) in [5.74, 6) is 0. The largest absolute Gasteiger partial charge is 0.0742 e. The molecule has 0 fully saturated rings. The molecule has 0 spiro atoms. The molecule has 0 saturated heterocycles. The van der Waals surface area contributed by atoms with Crippen molar-refractivity contribution in [2.45, 2.75) is 33.1 Å². The zero-order valence-electron chi connectivity index (χ0n) is 12.4. The van der Waals surface area contributed by atoms with Crippen molar-refractivity contribution < 1.29 is 0 Å². The van der Waals surface area contributed by atoms with Gasteiger partial charge in [-0.3, -0.25) is 0 Å². The van der Waals surface area contributed by atoms with E-state index in [2.05, 4.69) is 74.5 Å². The molecule has 0 atom stereocenters. The molecular weight excluding hydrogens is 240 g/mol. The van der Waals surface area contributed by atoms with E-state index in [4.69, 9.17) is 0 Å².